The molecule has 6 nitrogen and oxygen atoms in total. The van der Waals surface area contributed by atoms with E-state index in [-0.39, 0.29) is 5.69 Å². The number of rotatable bonds is 5. The highest BCUT2D eigenvalue weighted by molar-refractivity contribution is 5.28. The Morgan fingerprint density at radius 1 is 1.57 bits per heavy atom. The first kappa shape index (κ1) is 10.4. The third-order valence-electron chi connectivity index (χ3n) is 1.53. The van der Waals surface area contributed by atoms with E-state index in [0.717, 1.165) is 12.6 Å². The Kier molecular flexibility index (Phi) is 3.81. The van der Waals surface area contributed by atoms with Gasteiger partial charge in [0.15, 0.2) is 0 Å². The number of nitrogens with zero attached hydrogens (tertiary/aromatic N) is 2. The molecule has 76 valence electrons. The number of aromatic nitrogens is 1. The van der Waals surface area contributed by atoms with Crippen molar-refractivity contribution in [1.82, 2.24) is 4.98 Å². The van der Waals surface area contributed by atoms with Gasteiger partial charge in [-0.1, -0.05) is 0 Å². The quantitative estimate of drug-likeness (QED) is 0.426. The van der Waals surface area contributed by atoms with Crippen LogP contribution in [0.5, 0.6) is 5.88 Å². The summed E-state index contributed by atoms with van der Waals surface area (Å²) in [5, 5.41) is 10.3. The molecule has 14 heavy (non-hydrogen) atoms. The zero-order valence-corrected chi connectivity index (χ0v) is 7.55. The Labute approximate surface area is 80.9 Å². The summed E-state index contributed by atoms with van der Waals surface area (Å²) in [6.45, 7) is 1.02. The second kappa shape index (κ2) is 5.13. The molecular formula is C8H11N3O3. The van der Waals surface area contributed by atoms with E-state index in [1.807, 2.05) is 0 Å². The van der Waals surface area contributed by atoms with E-state index in [1.54, 1.807) is 0 Å². The maximum Gasteiger partial charge on any atom is 0.287 e. The van der Waals surface area contributed by atoms with E-state index < -0.39 is 4.92 Å². The van der Waals surface area contributed by atoms with Crippen molar-refractivity contribution in [1.29, 1.82) is 0 Å². The molecule has 1 heterocycles. The van der Waals surface area contributed by atoms with E-state index in [2.05, 4.69) is 4.98 Å². The predicted molar refractivity (Wildman–Crippen MR) is 50.1 cm³/mol. The van der Waals surface area contributed by atoms with Crippen LogP contribution in [0.1, 0.15) is 6.42 Å². The van der Waals surface area contributed by atoms with Crippen molar-refractivity contribution >= 4 is 5.69 Å². The second-order valence-electron chi connectivity index (χ2n) is 2.60. The maximum atomic E-state index is 10.3. The zero-order chi connectivity index (χ0) is 10.4. The van der Waals surface area contributed by atoms with Gasteiger partial charge in [-0.2, -0.15) is 0 Å². The van der Waals surface area contributed by atoms with Crippen LogP contribution in [0, 0.1) is 10.1 Å². The molecule has 0 saturated heterocycles. The third-order valence-corrected chi connectivity index (χ3v) is 1.53. The summed E-state index contributed by atoms with van der Waals surface area (Å²) in [6, 6.07) is 2.82. The van der Waals surface area contributed by atoms with Gasteiger partial charge in [0.2, 0.25) is 5.88 Å². The van der Waals surface area contributed by atoms with Gasteiger partial charge < -0.3 is 10.5 Å². The molecule has 0 atom stereocenters. The smallest absolute Gasteiger partial charge is 0.287 e. The molecule has 0 amide bonds. The first-order chi connectivity index (χ1) is 6.74. The van der Waals surface area contributed by atoms with Crippen molar-refractivity contribution in [3.63, 3.8) is 0 Å². The van der Waals surface area contributed by atoms with Gasteiger partial charge in [0, 0.05) is 12.1 Å². The van der Waals surface area contributed by atoms with Crippen molar-refractivity contribution in [2.45, 2.75) is 6.42 Å². The van der Waals surface area contributed by atoms with Crippen LogP contribution in [0.3, 0.4) is 0 Å². The first-order valence-corrected chi connectivity index (χ1v) is 4.17. The SMILES string of the molecule is NCCCOc1ccc([N+](=O)[O-])cn1. The highest BCUT2D eigenvalue weighted by Gasteiger charge is 2.04. The van der Waals surface area contributed by atoms with Crippen LogP contribution < -0.4 is 10.5 Å². The van der Waals surface area contributed by atoms with Crippen molar-refractivity contribution in [3.05, 3.63) is 28.4 Å². The summed E-state index contributed by atoms with van der Waals surface area (Å²) in [5.41, 5.74) is 5.22. The summed E-state index contributed by atoms with van der Waals surface area (Å²) in [6.07, 6.45) is 1.90. The average molecular weight is 197 g/mol. The molecular weight excluding hydrogens is 186 g/mol. The van der Waals surface area contributed by atoms with Crippen molar-refractivity contribution in [2.75, 3.05) is 13.2 Å². The molecule has 0 aromatic carbocycles. The van der Waals surface area contributed by atoms with Crippen LogP contribution >= 0.6 is 0 Å². The normalized spacial score (nSPS) is 9.79. The van der Waals surface area contributed by atoms with Gasteiger partial charge in [0.25, 0.3) is 5.69 Å². The number of hydrogen-bond acceptors (Lipinski definition) is 5. The molecule has 0 aliphatic rings. The molecule has 0 aliphatic heterocycles. The molecule has 2 N–H and O–H groups in total. The Bertz CT molecular complexity index is 299. The lowest BCUT2D eigenvalue weighted by Gasteiger charge is -2.02. The fourth-order valence-corrected chi connectivity index (χ4v) is 0.826. The van der Waals surface area contributed by atoms with E-state index >= 15 is 0 Å². The van der Waals surface area contributed by atoms with E-state index in [9.17, 15) is 10.1 Å². The van der Waals surface area contributed by atoms with Crippen molar-refractivity contribution < 1.29 is 9.66 Å². The predicted octanol–water partition coefficient (Wildman–Crippen LogP) is 0.717. The van der Waals surface area contributed by atoms with Crippen molar-refractivity contribution in [2.24, 2.45) is 5.73 Å². The van der Waals surface area contributed by atoms with Gasteiger partial charge >= 0.3 is 0 Å². The average Bonchev–Trinajstić information content (AvgIpc) is 2.19. The Morgan fingerprint density at radius 2 is 2.36 bits per heavy atom. The molecule has 0 bridgehead atoms. The molecule has 1 rings (SSSR count). The number of ether oxygens (including phenoxy) is 1. The summed E-state index contributed by atoms with van der Waals surface area (Å²) < 4.78 is 5.17. The van der Waals surface area contributed by atoms with Gasteiger partial charge in [-0.05, 0) is 13.0 Å². The number of nitro groups is 1. The van der Waals surface area contributed by atoms with Crippen LogP contribution in [0.4, 0.5) is 5.69 Å². The lowest BCUT2D eigenvalue weighted by atomic mass is 10.4. The molecule has 0 aliphatic carbocycles. The highest BCUT2D eigenvalue weighted by atomic mass is 16.6. The second-order valence-corrected chi connectivity index (χ2v) is 2.60. The molecule has 0 unspecified atom stereocenters. The molecule has 1 aromatic rings. The summed E-state index contributed by atoms with van der Waals surface area (Å²) in [5.74, 6) is 0.379. The monoisotopic (exact) mass is 197 g/mol. The van der Waals surface area contributed by atoms with Crippen LogP contribution in [0.25, 0.3) is 0 Å². The van der Waals surface area contributed by atoms with Crippen molar-refractivity contribution in [3.8, 4) is 5.88 Å². The summed E-state index contributed by atoms with van der Waals surface area (Å²) >= 11 is 0. The van der Waals surface area contributed by atoms with E-state index in [0.29, 0.717) is 19.0 Å². The lowest BCUT2D eigenvalue weighted by Crippen LogP contribution is -2.06. The molecule has 0 radical (unpaired) electrons. The lowest BCUT2D eigenvalue weighted by molar-refractivity contribution is -0.385. The summed E-state index contributed by atoms with van der Waals surface area (Å²) in [4.78, 5) is 13.5. The standard InChI is InChI=1S/C8H11N3O3/c9-4-1-5-14-8-3-2-7(6-10-8)11(12)13/h2-3,6H,1,4-5,9H2. The summed E-state index contributed by atoms with van der Waals surface area (Å²) in [7, 11) is 0. The van der Waals surface area contributed by atoms with Gasteiger partial charge in [0.05, 0.1) is 11.5 Å². The number of hydrogen-bond donors (Lipinski definition) is 1. The Hall–Kier alpha value is -1.69. The van der Waals surface area contributed by atoms with Gasteiger partial charge in [-0.25, -0.2) is 4.98 Å². The molecule has 0 fully saturated rings. The van der Waals surface area contributed by atoms with Gasteiger partial charge in [-0.3, -0.25) is 10.1 Å². The number of pyridine rings is 1. The molecule has 0 spiro atoms. The molecule has 6 heteroatoms. The minimum atomic E-state index is -0.503. The van der Waals surface area contributed by atoms with Gasteiger partial charge in [0.1, 0.15) is 6.20 Å². The molecule has 0 saturated carbocycles. The Balaban J connectivity index is 2.51. The highest BCUT2D eigenvalue weighted by Crippen LogP contribution is 2.13. The van der Waals surface area contributed by atoms with Crippen LogP contribution in [-0.2, 0) is 0 Å². The molecule has 1 aromatic heterocycles. The van der Waals surface area contributed by atoms with Crippen LogP contribution in [-0.4, -0.2) is 23.1 Å². The minimum absolute atomic E-state index is 0.0452. The number of nitrogens with two attached hydrogens (primary N) is 1. The fraction of sp³-hybridized carbons (Fsp3) is 0.375. The maximum absolute atomic E-state index is 10.3. The van der Waals surface area contributed by atoms with Crippen LogP contribution in [0.15, 0.2) is 18.3 Å². The minimum Gasteiger partial charge on any atom is -0.478 e. The fourth-order valence-electron chi connectivity index (χ4n) is 0.826. The van der Waals surface area contributed by atoms with E-state index in [1.165, 1.54) is 12.1 Å². The topological polar surface area (TPSA) is 91.3 Å². The largest absolute Gasteiger partial charge is 0.478 e. The van der Waals surface area contributed by atoms with E-state index in [4.69, 9.17) is 10.5 Å². The zero-order valence-electron chi connectivity index (χ0n) is 7.55. The third kappa shape index (κ3) is 2.98. The Morgan fingerprint density at radius 3 is 2.86 bits per heavy atom. The van der Waals surface area contributed by atoms with Crippen LogP contribution in [0.2, 0.25) is 0 Å². The van der Waals surface area contributed by atoms with Gasteiger partial charge in [-0.15, -0.1) is 0 Å². The first-order valence-electron chi connectivity index (χ1n) is 4.17.